The maximum atomic E-state index is 5.39. The van der Waals surface area contributed by atoms with E-state index in [1.807, 2.05) is 30.7 Å². The minimum Gasteiger partial charge on any atom is -0.496 e. The number of ether oxygens (including phenoxy) is 2. The molecule has 5 nitrogen and oxygen atoms in total. The third-order valence-corrected chi connectivity index (χ3v) is 4.34. The number of benzene rings is 1. The van der Waals surface area contributed by atoms with Gasteiger partial charge in [-0.3, -0.25) is 5.43 Å². The van der Waals surface area contributed by atoms with E-state index < -0.39 is 0 Å². The normalized spacial score (nSPS) is 10.9. The highest BCUT2D eigenvalue weighted by Gasteiger charge is 2.09. The van der Waals surface area contributed by atoms with Gasteiger partial charge in [0.25, 0.3) is 0 Å². The van der Waals surface area contributed by atoms with Gasteiger partial charge in [0.05, 0.1) is 31.0 Å². The summed E-state index contributed by atoms with van der Waals surface area (Å²) in [5, 5.41) is 6.92. The van der Waals surface area contributed by atoms with Gasteiger partial charge < -0.3 is 9.47 Å². The molecular formula is C14H17N3O2S2. The van der Waals surface area contributed by atoms with Crippen molar-refractivity contribution in [2.24, 2.45) is 5.10 Å². The van der Waals surface area contributed by atoms with E-state index >= 15 is 0 Å². The summed E-state index contributed by atoms with van der Waals surface area (Å²) in [6.07, 6.45) is 3.69. The predicted octanol–water partition coefficient (Wildman–Crippen LogP) is 3.64. The minimum absolute atomic E-state index is 0.751. The van der Waals surface area contributed by atoms with Crippen LogP contribution in [0.4, 0.5) is 5.13 Å². The second kappa shape index (κ2) is 7.33. The fraction of sp³-hybridized carbons (Fsp3) is 0.286. The van der Waals surface area contributed by atoms with Crippen molar-refractivity contribution in [3.05, 3.63) is 28.8 Å². The molecule has 0 fully saturated rings. The maximum Gasteiger partial charge on any atom is 0.203 e. The predicted molar refractivity (Wildman–Crippen MR) is 89.4 cm³/mol. The van der Waals surface area contributed by atoms with Crippen LogP contribution in [0, 0.1) is 6.92 Å². The average Bonchev–Trinajstić information content (AvgIpc) is 2.92. The minimum atomic E-state index is 0.751. The van der Waals surface area contributed by atoms with Gasteiger partial charge in [-0.05, 0) is 25.3 Å². The summed E-state index contributed by atoms with van der Waals surface area (Å²) in [6, 6.07) is 3.85. The molecule has 112 valence electrons. The van der Waals surface area contributed by atoms with E-state index in [0.29, 0.717) is 0 Å². The van der Waals surface area contributed by atoms with Crippen LogP contribution in [0.5, 0.6) is 11.5 Å². The first-order chi connectivity index (χ1) is 10.2. The van der Waals surface area contributed by atoms with Crippen LogP contribution in [0.1, 0.15) is 11.3 Å². The quantitative estimate of drug-likeness (QED) is 0.500. The molecule has 0 spiro atoms. The van der Waals surface area contributed by atoms with Crippen LogP contribution in [0.15, 0.2) is 27.5 Å². The Hall–Kier alpha value is -1.73. The summed E-state index contributed by atoms with van der Waals surface area (Å²) >= 11 is 3.12. The highest BCUT2D eigenvalue weighted by molar-refractivity contribution is 7.98. The van der Waals surface area contributed by atoms with E-state index in [1.54, 1.807) is 32.2 Å². The molecule has 0 atom stereocenters. The number of thioether (sulfide) groups is 1. The monoisotopic (exact) mass is 323 g/mol. The molecule has 0 unspecified atom stereocenters. The first kappa shape index (κ1) is 15.7. The molecule has 7 heteroatoms. The summed E-state index contributed by atoms with van der Waals surface area (Å²) in [4.78, 5) is 5.30. The average molecular weight is 323 g/mol. The van der Waals surface area contributed by atoms with Crippen molar-refractivity contribution in [1.82, 2.24) is 4.98 Å². The molecule has 1 heterocycles. The molecule has 21 heavy (non-hydrogen) atoms. The van der Waals surface area contributed by atoms with E-state index in [1.165, 1.54) is 11.3 Å². The number of methoxy groups -OCH3 is 2. The fourth-order valence-electron chi connectivity index (χ4n) is 1.72. The van der Waals surface area contributed by atoms with Crippen molar-refractivity contribution in [1.29, 1.82) is 0 Å². The number of hydrogen-bond acceptors (Lipinski definition) is 7. The lowest BCUT2D eigenvalue weighted by Crippen LogP contribution is -1.96. The van der Waals surface area contributed by atoms with Crippen molar-refractivity contribution < 1.29 is 9.47 Å². The smallest absolute Gasteiger partial charge is 0.203 e. The Morgan fingerprint density at radius 3 is 2.62 bits per heavy atom. The van der Waals surface area contributed by atoms with E-state index in [2.05, 4.69) is 15.5 Å². The van der Waals surface area contributed by atoms with Crippen molar-refractivity contribution in [3.8, 4) is 11.5 Å². The molecule has 0 bridgehead atoms. The topological polar surface area (TPSA) is 55.7 Å². The van der Waals surface area contributed by atoms with Crippen LogP contribution in [0.25, 0.3) is 0 Å². The number of nitrogens with zero attached hydrogens (tertiary/aromatic N) is 2. The van der Waals surface area contributed by atoms with Gasteiger partial charge in [0.2, 0.25) is 5.13 Å². The van der Waals surface area contributed by atoms with Crippen molar-refractivity contribution in [2.75, 3.05) is 25.9 Å². The maximum absolute atomic E-state index is 5.39. The number of rotatable bonds is 6. The van der Waals surface area contributed by atoms with Gasteiger partial charge in [-0.15, -0.1) is 23.1 Å². The highest BCUT2D eigenvalue weighted by Crippen LogP contribution is 2.33. The molecule has 0 aliphatic heterocycles. The molecule has 0 saturated heterocycles. The lowest BCUT2D eigenvalue weighted by molar-refractivity contribution is 0.394. The number of hydrogen-bond donors (Lipinski definition) is 1. The van der Waals surface area contributed by atoms with Crippen LogP contribution in [0.2, 0.25) is 0 Å². The van der Waals surface area contributed by atoms with Gasteiger partial charge in [-0.1, -0.05) is 0 Å². The number of aromatic nitrogens is 1. The van der Waals surface area contributed by atoms with E-state index in [4.69, 9.17) is 9.47 Å². The fourth-order valence-corrected chi connectivity index (χ4v) is 2.92. The molecule has 0 aliphatic carbocycles. The van der Waals surface area contributed by atoms with Gasteiger partial charge in [0, 0.05) is 10.9 Å². The summed E-state index contributed by atoms with van der Waals surface area (Å²) in [5.41, 5.74) is 4.72. The summed E-state index contributed by atoms with van der Waals surface area (Å²) in [5.74, 6) is 1.55. The van der Waals surface area contributed by atoms with Gasteiger partial charge in [-0.2, -0.15) is 5.10 Å². The SMILES string of the molecule is COc1cc(SC)c(OC)cc1C=NNc1nc(C)cs1. The summed E-state index contributed by atoms with van der Waals surface area (Å²) < 4.78 is 10.8. The number of hydrazone groups is 1. The Balaban J connectivity index is 2.21. The Kier molecular flexibility index (Phi) is 5.46. The highest BCUT2D eigenvalue weighted by atomic mass is 32.2. The second-order valence-electron chi connectivity index (χ2n) is 4.11. The Bertz CT molecular complexity index is 641. The van der Waals surface area contributed by atoms with Gasteiger partial charge >= 0.3 is 0 Å². The van der Waals surface area contributed by atoms with Crippen LogP contribution in [-0.2, 0) is 0 Å². The molecule has 0 amide bonds. The lowest BCUT2D eigenvalue weighted by Gasteiger charge is -2.11. The van der Waals surface area contributed by atoms with Crippen LogP contribution in [-0.4, -0.2) is 31.7 Å². The Labute approximate surface area is 132 Å². The Morgan fingerprint density at radius 2 is 2.05 bits per heavy atom. The van der Waals surface area contributed by atoms with Crippen molar-refractivity contribution in [2.45, 2.75) is 11.8 Å². The first-order valence-electron chi connectivity index (χ1n) is 6.19. The van der Waals surface area contributed by atoms with E-state index in [-0.39, 0.29) is 0 Å². The number of nitrogens with one attached hydrogen (secondary N) is 1. The zero-order valence-corrected chi connectivity index (χ0v) is 14.0. The molecule has 1 aromatic heterocycles. The number of thiazole rings is 1. The van der Waals surface area contributed by atoms with Crippen LogP contribution < -0.4 is 14.9 Å². The van der Waals surface area contributed by atoms with Crippen LogP contribution >= 0.6 is 23.1 Å². The second-order valence-corrected chi connectivity index (χ2v) is 5.82. The van der Waals surface area contributed by atoms with Gasteiger partial charge in [0.1, 0.15) is 11.5 Å². The van der Waals surface area contributed by atoms with E-state index in [9.17, 15) is 0 Å². The molecule has 1 N–H and O–H groups in total. The third kappa shape index (κ3) is 3.89. The van der Waals surface area contributed by atoms with Crippen molar-refractivity contribution >= 4 is 34.4 Å². The molecule has 2 rings (SSSR count). The Morgan fingerprint density at radius 1 is 1.29 bits per heavy atom. The largest absolute Gasteiger partial charge is 0.496 e. The van der Waals surface area contributed by atoms with Crippen molar-refractivity contribution in [3.63, 3.8) is 0 Å². The summed E-state index contributed by atoms with van der Waals surface area (Å²) in [6.45, 7) is 1.94. The number of aryl methyl sites for hydroxylation is 1. The zero-order valence-electron chi connectivity index (χ0n) is 12.3. The third-order valence-electron chi connectivity index (χ3n) is 2.72. The zero-order chi connectivity index (χ0) is 15.2. The lowest BCUT2D eigenvalue weighted by atomic mass is 10.2. The molecule has 2 aromatic rings. The standard InChI is InChI=1S/C14H17N3O2S2/c1-9-8-21-14(16-9)17-15-7-10-5-12(19-3)13(20-4)6-11(10)18-2/h5-8H,1-4H3,(H,16,17). The van der Waals surface area contributed by atoms with E-state index in [0.717, 1.165) is 32.8 Å². The molecular weight excluding hydrogens is 306 g/mol. The molecule has 0 radical (unpaired) electrons. The molecule has 0 saturated carbocycles. The molecule has 0 aliphatic rings. The first-order valence-corrected chi connectivity index (χ1v) is 8.29. The van der Waals surface area contributed by atoms with Crippen LogP contribution in [0.3, 0.4) is 0 Å². The van der Waals surface area contributed by atoms with Gasteiger partial charge in [0.15, 0.2) is 0 Å². The van der Waals surface area contributed by atoms with Gasteiger partial charge in [-0.25, -0.2) is 4.98 Å². The summed E-state index contributed by atoms with van der Waals surface area (Å²) in [7, 11) is 3.29. The number of anilines is 1. The molecule has 1 aromatic carbocycles.